The Hall–Kier alpha value is -2.47. The molecule has 0 radical (unpaired) electrons. The third kappa shape index (κ3) is 5.14. The number of nitrogens with one attached hydrogen (secondary N) is 2. The molecule has 2 rings (SSSR count). The summed E-state index contributed by atoms with van der Waals surface area (Å²) >= 11 is 3.34. The Bertz CT molecular complexity index is 670. The molecule has 6 heteroatoms. The van der Waals surface area contributed by atoms with Crippen molar-refractivity contribution in [2.24, 2.45) is 5.10 Å². The van der Waals surface area contributed by atoms with Crippen LogP contribution < -0.4 is 10.7 Å². The van der Waals surface area contributed by atoms with Crippen molar-refractivity contribution in [2.45, 2.75) is 0 Å². The number of hydrogen-bond donors (Lipinski definition) is 2. The molecule has 5 nitrogen and oxygen atoms in total. The maximum Gasteiger partial charge on any atom is 0.259 e. The van der Waals surface area contributed by atoms with Crippen molar-refractivity contribution in [3.8, 4) is 0 Å². The van der Waals surface area contributed by atoms with Gasteiger partial charge in [-0.3, -0.25) is 9.59 Å². The molecular weight excluding hydrogens is 346 g/mol. The minimum Gasteiger partial charge on any atom is -0.343 e. The van der Waals surface area contributed by atoms with E-state index in [1.165, 1.54) is 6.21 Å². The van der Waals surface area contributed by atoms with Crippen molar-refractivity contribution >= 4 is 34.0 Å². The lowest BCUT2D eigenvalue weighted by atomic mass is 10.2. The molecule has 0 saturated carbocycles. The fraction of sp³-hybridized carbons (Fsp3) is 0.0625. The summed E-state index contributed by atoms with van der Waals surface area (Å²) in [5.74, 6) is -0.690. The molecule has 0 aliphatic heterocycles. The molecule has 112 valence electrons. The monoisotopic (exact) mass is 359 g/mol. The highest BCUT2D eigenvalue weighted by atomic mass is 79.9. The zero-order valence-electron chi connectivity index (χ0n) is 11.6. The highest BCUT2D eigenvalue weighted by Gasteiger charge is 2.06. The van der Waals surface area contributed by atoms with Crippen molar-refractivity contribution in [2.75, 3.05) is 6.54 Å². The third-order valence-corrected chi connectivity index (χ3v) is 3.25. The van der Waals surface area contributed by atoms with E-state index in [9.17, 15) is 9.59 Å². The summed E-state index contributed by atoms with van der Waals surface area (Å²) in [5, 5.41) is 6.35. The van der Waals surface area contributed by atoms with Gasteiger partial charge in [0.05, 0.1) is 12.8 Å². The average Bonchev–Trinajstić information content (AvgIpc) is 2.55. The summed E-state index contributed by atoms with van der Waals surface area (Å²) in [7, 11) is 0. The molecule has 0 fully saturated rings. The molecule has 2 N–H and O–H groups in total. The molecule has 0 aliphatic rings. The van der Waals surface area contributed by atoms with E-state index in [1.807, 2.05) is 30.3 Å². The van der Waals surface area contributed by atoms with E-state index >= 15 is 0 Å². The van der Waals surface area contributed by atoms with E-state index in [1.54, 1.807) is 24.3 Å². The van der Waals surface area contributed by atoms with Gasteiger partial charge in [-0.25, -0.2) is 5.43 Å². The Kier molecular flexibility index (Phi) is 5.85. The number of nitrogens with zero attached hydrogens (tertiary/aromatic N) is 1. The standard InChI is InChI=1S/C16H14BrN3O2/c17-14-8-6-12(7-9-14)10-19-20-15(21)11-18-16(22)13-4-2-1-3-5-13/h1-10H,11H2,(H,18,22)(H,20,21). The Balaban J connectivity index is 1.76. The smallest absolute Gasteiger partial charge is 0.259 e. The second-order valence-electron chi connectivity index (χ2n) is 4.39. The maximum atomic E-state index is 11.7. The van der Waals surface area contributed by atoms with Gasteiger partial charge in [0.2, 0.25) is 0 Å². The maximum absolute atomic E-state index is 11.7. The SMILES string of the molecule is O=C(CNC(=O)c1ccccc1)NN=Cc1ccc(Br)cc1. The van der Waals surface area contributed by atoms with Crippen LogP contribution in [0.4, 0.5) is 0 Å². The Morgan fingerprint density at radius 1 is 1.05 bits per heavy atom. The largest absolute Gasteiger partial charge is 0.343 e. The summed E-state index contributed by atoms with van der Waals surface area (Å²) in [6, 6.07) is 16.2. The van der Waals surface area contributed by atoms with Crippen molar-refractivity contribution in [3.63, 3.8) is 0 Å². The molecule has 0 bridgehead atoms. The number of hydrazone groups is 1. The number of carbonyl (C=O) groups is 2. The fourth-order valence-electron chi connectivity index (χ4n) is 1.62. The quantitative estimate of drug-likeness (QED) is 0.635. The van der Waals surface area contributed by atoms with Crippen molar-refractivity contribution in [1.29, 1.82) is 0 Å². The minimum absolute atomic E-state index is 0.134. The average molecular weight is 360 g/mol. The van der Waals surface area contributed by atoms with E-state index in [0.29, 0.717) is 5.56 Å². The lowest BCUT2D eigenvalue weighted by Gasteiger charge is -2.03. The molecule has 0 unspecified atom stereocenters. The van der Waals surface area contributed by atoms with Crippen molar-refractivity contribution in [1.82, 2.24) is 10.7 Å². The highest BCUT2D eigenvalue weighted by Crippen LogP contribution is 2.08. The normalized spacial score (nSPS) is 10.4. The molecule has 0 aliphatic carbocycles. The van der Waals surface area contributed by atoms with Gasteiger partial charge in [-0.05, 0) is 29.8 Å². The number of carbonyl (C=O) groups excluding carboxylic acids is 2. The molecule has 0 saturated heterocycles. The van der Waals surface area contributed by atoms with Crippen LogP contribution in [0.3, 0.4) is 0 Å². The van der Waals surface area contributed by atoms with Gasteiger partial charge in [0.1, 0.15) is 0 Å². The number of halogens is 1. The van der Waals surface area contributed by atoms with Crippen LogP contribution >= 0.6 is 15.9 Å². The van der Waals surface area contributed by atoms with Crippen LogP contribution in [-0.2, 0) is 4.79 Å². The van der Waals surface area contributed by atoms with Crippen LogP contribution in [0.15, 0.2) is 64.2 Å². The molecule has 0 aromatic heterocycles. The molecule has 2 aromatic rings. The minimum atomic E-state index is -0.391. The lowest BCUT2D eigenvalue weighted by Crippen LogP contribution is -2.34. The van der Waals surface area contributed by atoms with Crippen molar-refractivity contribution in [3.05, 3.63) is 70.2 Å². The lowest BCUT2D eigenvalue weighted by molar-refractivity contribution is -0.120. The van der Waals surface area contributed by atoms with Crippen LogP contribution in [0.25, 0.3) is 0 Å². The predicted octanol–water partition coefficient (Wildman–Crippen LogP) is 2.33. The summed E-state index contributed by atoms with van der Waals surface area (Å²) in [5.41, 5.74) is 3.72. The van der Waals surface area contributed by atoms with E-state index in [4.69, 9.17) is 0 Å². The van der Waals surface area contributed by atoms with Crippen LogP contribution in [0.2, 0.25) is 0 Å². The molecule has 0 spiro atoms. The van der Waals surface area contributed by atoms with Crippen LogP contribution in [0.5, 0.6) is 0 Å². The van der Waals surface area contributed by atoms with Gasteiger partial charge >= 0.3 is 0 Å². The molecule has 2 amide bonds. The molecular formula is C16H14BrN3O2. The van der Waals surface area contributed by atoms with E-state index in [-0.39, 0.29) is 12.5 Å². The van der Waals surface area contributed by atoms with Gasteiger partial charge in [-0.15, -0.1) is 0 Å². The first kappa shape index (κ1) is 15.9. The van der Waals surface area contributed by atoms with E-state index in [0.717, 1.165) is 10.0 Å². The summed E-state index contributed by atoms with van der Waals surface area (Å²) in [6.07, 6.45) is 1.53. The van der Waals surface area contributed by atoms with Gasteiger partial charge in [0, 0.05) is 10.0 Å². The highest BCUT2D eigenvalue weighted by molar-refractivity contribution is 9.10. The second kappa shape index (κ2) is 8.09. The Labute approximate surface area is 136 Å². The van der Waals surface area contributed by atoms with Crippen LogP contribution in [0.1, 0.15) is 15.9 Å². The molecule has 22 heavy (non-hydrogen) atoms. The van der Waals surface area contributed by atoms with E-state index < -0.39 is 5.91 Å². The van der Waals surface area contributed by atoms with E-state index in [2.05, 4.69) is 31.8 Å². The second-order valence-corrected chi connectivity index (χ2v) is 5.31. The summed E-state index contributed by atoms with van der Waals surface area (Å²) in [6.45, 7) is -0.134. The Morgan fingerprint density at radius 2 is 1.73 bits per heavy atom. The first-order chi connectivity index (χ1) is 10.6. The number of hydrogen-bond acceptors (Lipinski definition) is 3. The molecule has 2 aromatic carbocycles. The molecule has 0 atom stereocenters. The zero-order valence-corrected chi connectivity index (χ0v) is 13.2. The number of amides is 2. The Morgan fingerprint density at radius 3 is 2.41 bits per heavy atom. The zero-order chi connectivity index (χ0) is 15.8. The van der Waals surface area contributed by atoms with Crippen LogP contribution in [0, 0.1) is 0 Å². The van der Waals surface area contributed by atoms with Crippen molar-refractivity contribution < 1.29 is 9.59 Å². The summed E-state index contributed by atoms with van der Waals surface area (Å²) in [4.78, 5) is 23.3. The van der Waals surface area contributed by atoms with Gasteiger partial charge in [-0.2, -0.15) is 5.10 Å². The van der Waals surface area contributed by atoms with Gasteiger partial charge < -0.3 is 5.32 Å². The summed E-state index contributed by atoms with van der Waals surface area (Å²) < 4.78 is 0.970. The topological polar surface area (TPSA) is 70.6 Å². The fourth-order valence-corrected chi connectivity index (χ4v) is 1.88. The van der Waals surface area contributed by atoms with Gasteiger partial charge in [-0.1, -0.05) is 46.3 Å². The van der Waals surface area contributed by atoms with Gasteiger partial charge in [0.25, 0.3) is 11.8 Å². The van der Waals surface area contributed by atoms with Gasteiger partial charge in [0.15, 0.2) is 0 Å². The predicted molar refractivity (Wildman–Crippen MR) is 88.7 cm³/mol. The molecule has 0 heterocycles. The first-order valence-electron chi connectivity index (χ1n) is 6.56. The number of rotatable bonds is 5. The third-order valence-electron chi connectivity index (χ3n) is 2.72. The van der Waals surface area contributed by atoms with Crippen LogP contribution in [-0.4, -0.2) is 24.6 Å². The first-order valence-corrected chi connectivity index (χ1v) is 7.35. The number of benzene rings is 2.